The molecule has 1 fully saturated rings. The molecule has 2 aliphatic heterocycles. The van der Waals surface area contributed by atoms with Crippen molar-refractivity contribution in [3.05, 3.63) is 23.6 Å². The number of aromatic nitrogens is 2. The van der Waals surface area contributed by atoms with Crippen LogP contribution in [0.4, 0.5) is 0 Å². The van der Waals surface area contributed by atoms with Gasteiger partial charge < -0.3 is 14.2 Å². The van der Waals surface area contributed by atoms with Crippen molar-refractivity contribution in [2.75, 3.05) is 19.7 Å². The van der Waals surface area contributed by atoms with Gasteiger partial charge in [0, 0.05) is 25.9 Å². The van der Waals surface area contributed by atoms with Gasteiger partial charge in [-0.25, -0.2) is 0 Å². The molecule has 1 saturated heterocycles. The van der Waals surface area contributed by atoms with Crippen LogP contribution in [0.3, 0.4) is 0 Å². The third-order valence-corrected chi connectivity index (χ3v) is 3.83. The third kappa shape index (κ3) is 2.69. The first-order valence-electron chi connectivity index (χ1n) is 7.14. The SMILES string of the molecule is Cc1nc([C@H]2CCCN(C(=O)C3=COCCC3)C2)no1. The van der Waals surface area contributed by atoms with Crippen LogP contribution in [0.5, 0.6) is 0 Å². The molecule has 1 atom stereocenters. The Morgan fingerprint density at radius 3 is 3.05 bits per heavy atom. The van der Waals surface area contributed by atoms with Gasteiger partial charge in [0.25, 0.3) is 5.91 Å². The lowest BCUT2D eigenvalue weighted by Gasteiger charge is -2.32. The van der Waals surface area contributed by atoms with E-state index in [0.29, 0.717) is 24.9 Å². The lowest BCUT2D eigenvalue weighted by molar-refractivity contribution is -0.128. The van der Waals surface area contributed by atoms with Crippen molar-refractivity contribution in [3.63, 3.8) is 0 Å². The van der Waals surface area contributed by atoms with Crippen molar-refractivity contribution in [1.29, 1.82) is 0 Å². The smallest absolute Gasteiger partial charge is 0.252 e. The van der Waals surface area contributed by atoms with Crippen molar-refractivity contribution < 1.29 is 14.1 Å². The van der Waals surface area contributed by atoms with Gasteiger partial charge >= 0.3 is 0 Å². The number of piperidine rings is 1. The minimum absolute atomic E-state index is 0.0922. The molecule has 0 spiro atoms. The summed E-state index contributed by atoms with van der Waals surface area (Å²) in [6.07, 6.45) is 5.31. The standard InChI is InChI=1S/C14H19N3O3/c1-10-15-13(16-20-10)11-4-2-6-17(8-11)14(18)12-5-3-7-19-9-12/h9,11H,2-8H2,1H3/t11-/m0/s1. The molecule has 0 unspecified atom stereocenters. The molecule has 0 radical (unpaired) electrons. The van der Waals surface area contributed by atoms with E-state index in [0.717, 1.165) is 37.8 Å². The number of likely N-dealkylation sites (tertiary alicyclic amines) is 1. The fraction of sp³-hybridized carbons (Fsp3) is 0.643. The summed E-state index contributed by atoms with van der Waals surface area (Å²) in [5, 5.41) is 3.98. The number of aryl methyl sites for hydroxylation is 1. The van der Waals surface area contributed by atoms with Crippen LogP contribution in [-0.4, -0.2) is 40.6 Å². The zero-order chi connectivity index (χ0) is 13.9. The lowest BCUT2D eigenvalue weighted by Crippen LogP contribution is -2.40. The highest BCUT2D eigenvalue weighted by molar-refractivity contribution is 5.93. The van der Waals surface area contributed by atoms with E-state index in [1.807, 2.05) is 4.90 Å². The first-order valence-corrected chi connectivity index (χ1v) is 7.14. The quantitative estimate of drug-likeness (QED) is 0.824. The molecule has 1 aromatic rings. The van der Waals surface area contributed by atoms with E-state index in [-0.39, 0.29) is 11.8 Å². The summed E-state index contributed by atoms with van der Waals surface area (Å²) >= 11 is 0. The van der Waals surface area contributed by atoms with Gasteiger partial charge in [0.15, 0.2) is 5.82 Å². The Bertz CT molecular complexity index is 523. The van der Waals surface area contributed by atoms with E-state index in [9.17, 15) is 4.79 Å². The molecule has 1 aromatic heterocycles. The zero-order valence-electron chi connectivity index (χ0n) is 11.7. The normalized spacial score (nSPS) is 23.1. The molecule has 0 saturated carbocycles. The fourth-order valence-electron chi connectivity index (χ4n) is 2.78. The number of rotatable bonds is 2. The average Bonchev–Trinajstić information content (AvgIpc) is 2.94. The molecule has 3 rings (SSSR count). The van der Waals surface area contributed by atoms with Crippen molar-refractivity contribution in [3.8, 4) is 0 Å². The predicted molar refractivity (Wildman–Crippen MR) is 70.9 cm³/mol. The zero-order valence-corrected chi connectivity index (χ0v) is 11.7. The maximum Gasteiger partial charge on any atom is 0.252 e. The number of amides is 1. The Labute approximate surface area is 117 Å². The van der Waals surface area contributed by atoms with Crippen molar-refractivity contribution in [1.82, 2.24) is 15.0 Å². The van der Waals surface area contributed by atoms with Crippen LogP contribution in [0.15, 0.2) is 16.4 Å². The first kappa shape index (κ1) is 13.1. The van der Waals surface area contributed by atoms with Gasteiger partial charge in [0.05, 0.1) is 18.4 Å². The molecule has 2 aliphatic rings. The molecular weight excluding hydrogens is 258 g/mol. The molecule has 1 amide bonds. The summed E-state index contributed by atoms with van der Waals surface area (Å²) in [6.45, 7) is 3.95. The van der Waals surface area contributed by atoms with Crippen LogP contribution in [-0.2, 0) is 9.53 Å². The van der Waals surface area contributed by atoms with Crippen molar-refractivity contribution >= 4 is 5.91 Å². The second-order valence-electron chi connectivity index (χ2n) is 5.38. The Balaban J connectivity index is 1.68. The van der Waals surface area contributed by atoms with Crippen LogP contribution >= 0.6 is 0 Å². The van der Waals surface area contributed by atoms with E-state index < -0.39 is 0 Å². The molecule has 0 aromatic carbocycles. The molecule has 0 N–H and O–H groups in total. The van der Waals surface area contributed by atoms with Gasteiger partial charge in [0.1, 0.15) is 0 Å². The second kappa shape index (κ2) is 5.64. The van der Waals surface area contributed by atoms with E-state index in [1.54, 1.807) is 13.2 Å². The molecule has 0 aliphatic carbocycles. The number of hydrogen-bond acceptors (Lipinski definition) is 5. The molecule has 0 bridgehead atoms. The average molecular weight is 277 g/mol. The number of hydrogen-bond donors (Lipinski definition) is 0. The van der Waals surface area contributed by atoms with Gasteiger partial charge in [0.2, 0.25) is 5.89 Å². The maximum atomic E-state index is 12.4. The fourth-order valence-corrected chi connectivity index (χ4v) is 2.78. The Morgan fingerprint density at radius 2 is 2.35 bits per heavy atom. The predicted octanol–water partition coefficient (Wildman–Crippen LogP) is 1.78. The molecule has 6 heteroatoms. The minimum atomic E-state index is 0.0922. The summed E-state index contributed by atoms with van der Waals surface area (Å²) in [5.41, 5.74) is 0.779. The summed E-state index contributed by atoms with van der Waals surface area (Å²) < 4.78 is 10.3. The van der Waals surface area contributed by atoms with E-state index in [4.69, 9.17) is 9.26 Å². The summed E-state index contributed by atoms with van der Waals surface area (Å²) in [4.78, 5) is 18.6. The Hall–Kier alpha value is -1.85. The van der Waals surface area contributed by atoms with Gasteiger partial charge in [-0.15, -0.1) is 0 Å². The Morgan fingerprint density at radius 1 is 1.45 bits per heavy atom. The Kier molecular flexibility index (Phi) is 3.71. The molecule has 6 nitrogen and oxygen atoms in total. The number of carbonyl (C=O) groups is 1. The van der Waals surface area contributed by atoms with Crippen LogP contribution in [0, 0.1) is 6.92 Å². The van der Waals surface area contributed by atoms with E-state index in [1.165, 1.54) is 0 Å². The van der Waals surface area contributed by atoms with Crippen LogP contribution in [0.25, 0.3) is 0 Å². The molecule has 108 valence electrons. The third-order valence-electron chi connectivity index (χ3n) is 3.83. The molecular formula is C14H19N3O3. The number of nitrogens with zero attached hydrogens (tertiary/aromatic N) is 3. The summed E-state index contributed by atoms with van der Waals surface area (Å²) in [7, 11) is 0. The van der Waals surface area contributed by atoms with Gasteiger partial charge in [-0.05, 0) is 25.7 Å². The highest BCUT2D eigenvalue weighted by atomic mass is 16.5. The van der Waals surface area contributed by atoms with E-state index >= 15 is 0 Å². The number of ether oxygens (including phenoxy) is 1. The largest absolute Gasteiger partial charge is 0.501 e. The summed E-state index contributed by atoms with van der Waals surface area (Å²) in [5.74, 6) is 1.56. The highest BCUT2D eigenvalue weighted by Crippen LogP contribution is 2.26. The van der Waals surface area contributed by atoms with Crippen molar-refractivity contribution in [2.45, 2.75) is 38.5 Å². The molecule has 3 heterocycles. The highest BCUT2D eigenvalue weighted by Gasteiger charge is 2.29. The van der Waals surface area contributed by atoms with Gasteiger partial charge in [-0.2, -0.15) is 4.98 Å². The van der Waals surface area contributed by atoms with Gasteiger partial charge in [-0.3, -0.25) is 4.79 Å². The van der Waals surface area contributed by atoms with Crippen LogP contribution in [0.1, 0.15) is 43.3 Å². The maximum absolute atomic E-state index is 12.4. The monoisotopic (exact) mass is 277 g/mol. The second-order valence-corrected chi connectivity index (χ2v) is 5.38. The summed E-state index contributed by atoms with van der Waals surface area (Å²) in [6, 6.07) is 0. The van der Waals surface area contributed by atoms with Crippen LogP contribution < -0.4 is 0 Å². The minimum Gasteiger partial charge on any atom is -0.501 e. The van der Waals surface area contributed by atoms with Crippen molar-refractivity contribution in [2.24, 2.45) is 0 Å². The molecule has 20 heavy (non-hydrogen) atoms. The van der Waals surface area contributed by atoms with E-state index in [2.05, 4.69) is 10.1 Å². The lowest BCUT2D eigenvalue weighted by atomic mass is 9.96. The topological polar surface area (TPSA) is 68.5 Å². The number of carbonyl (C=O) groups excluding carboxylic acids is 1. The van der Waals surface area contributed by atoms with Crippen LogP contribution in [0.2, 0.25) is 0 Å². The van der Waals surface area contributed by atoms with Gasteiger partial charge in [-0.1, -0.05) is 5.16 Å². The first-order chi connectivity index (χ1) is 9.74.